The van der Waals surface area contributed by atoms with E-state index in [1.807, 2.05) is 24.3 Å². The lowest BCUT2D eigenvalue weighted by Crippen LogP contribution is -2.33. The average molecular weight is 342 g/mol. The third kappa shape index (κ3) is 4.90. The van der Waals surface area contributed by atoms with Crippen molar-refractivity contribution in [2.45, 2.75) is 19.3 Å². The number of aromatic nitrogens is 2. The molecule has 1 fully saturated rings. The van der Waals surface area contributed by atoms with Crippen molar-refractivity contribution in [3.05, 3.63) is 41.5 Å². The molecule has 8 heteroatoms. The summed E-state index contributed by atoms with van der Waals surface area (Å²) < 4.78 is 21.6. The smallest absolute Gasteiger partial charge is 0.257 e. The molecule has 7 nitrogen and oxygen atoms in total. The summed E-state index contributed by atoms with van der Waals surface area (Å²) >= 11 is 0. The Morgan fingerprint density at radius 1 is 1.35 bits per heavy atom. The highest BCUT2D eigenvalue weighted by Crippen LogP contribution is 2.17. The van der Waals surface area contributed by atoms with Crippen molar-refractivity contribution in [3.63, 3.8) is 0 Å². The second-order valence-electron chi connectivity index (χ2n) is 4.96. The third-order valence-corrected chi connectivity index (χ3v) is 3.32. The van der Waals surface area contributed by atoms with E-state index in [9.17, 15) is 0 Å². The molecule has 1 aromatic heterocycles. The highest BCUT2D eigenvalue weighted by atomic mass is 35.5. The minimum atomic E-state index is -0.173. The van der Waals surface area contributed by atoms with Crippen LogP contribution in [0.15, 0.2) is 28.8 Å². The Bertz CT molecular complexity index is 602. The Balaban J connectivity index is 0.00000192. The van der Waals surface area contributed by atoms with Crippen LogP contribution in [0.5, 0.6) is 5.75 Å². The zero-order chi connectivity index (χ0) is 15.2. The van der Waals surface area contributed by atoms with Crippen LogP contribution < -0.4 is 10.1 Å². The first-order valence-electron chi connectivity index (χ1n) is 7.20. The number of nitrogens with one attached hydrogen (secondary N) is 1. The Morgan fingerprint density at radius 3 is 3.04 bits per heavy atom. The minimum absolute atomic E-state index is 0. The van der Waals surface area contributed by atoms with Gasteiger partial charge < -0.3 is 24.1 Å². The predicted molar refractivity (Wildman–Crippen MR) is 84.6 cm³/mol. The van der Waals surface area contributed by atoms with Gasteiger partial charge in [-0.3, -0.25) is 0 Å². The number of rotatable bonds is 6. The van der Waals surface area contributed by atoms with Crippen LogP contribution in [-0.2, 0) is 22.7 Å². The summed E-state index contributed by atoms with van der Waals surface area (Å²) in [5, 5.41) is 7.13. The Morgan fingerprint density at radius 2 is 2.26 bits per heavy atom. The zero-order valence-corrected chi connectivity index (χ0v) is 13.7. The van der Waals surface area contributed by atoms with Crippen LogP contribution in [0.4, 0.5) is 0 Å². The van der Waals surface area contributed by atoms with Gasteiger partial charge in [0.2, 0.25) is 0 Å². The number of halogens is 1. The van der Waals surface area contributed by atoms with Crippen molar-refractivity contribution in [1.82, 2.24) is 15.5 Å². The molecule has 1 saturated heterocycles. The fourth-order valence-electron chi connectivity index (χ4n) is 2.20. The first-order chi connectivity index (χ1) is 10.8. The van der Waals surface area contributed by atoms with Gasteiger partial charge in [-0.05, 0) is 17.7 Å². The minimum Gasteiger partial charge on any atom is -0.497 e. The number of nitrogens with zero attached hydrogens (tertiary/aromatic N) is 2. The van der Waals surface area contributed by atoms with Crippen LogP contribution in [-0.4, -0.2) is 36.9 Å². The molecule has 0 amide bonds. The van der Waals surface area contributed by atoms with Gasteiger partial charge in [-0.2, -0.15) is 4.98 Å². The van der Waals surface area contributed by atoms with E-state index in [0.29, 0.717) is 38.1 Å². The SMILES string of the molecule is COc1cccc(COCc2noc([C@@H]3CNCCO3)n2)c1.Cl. The quantitative estimate of drug-likeness (QED) is 0.859. The van der Waals surface area contributed by atoms with Crippen LogP contribution in [0.2, 0.25) is 0 Å². The van der Waals surface area contributed by atoms with E-state index in [-0.39, 0.29) is 18.5 Å². The van der Waals surface area contributed by atoms with Gasteiger partial charge in [0.05, 0.1) is 20.3 Å². The van der Waals surface area contributed by atoms with Crippen molar-refractivity contribution in [2.75, 3.05) is 26.8 Å². The lowest BCUT2D eigenvalue weighted by atomic mass is 10.2. The standard InChI is InChI=1S/C15H19N3O4.ClH/c1-19-12-4-2-3-11(7-12)9-20-10-14-17-15(22-18-14)13-8-16-5-6-21-13;/h2-4,7,13,16H,5-6,8-10H2,1H3;1H/t13-;/m0./s1. The fraction of sp³-hybridized carbons (Fsp3) is 0.467. The maximum absolute atomic E-state index is 5.61. The molecule has 1 aliphatic heterocycles. The summed E-state index contributed by atoms with van der Waals surface area (Å²) in [5.74, 6) is 1.82. The Kier molecular flexibility index (Phi) is 6.79. The Hall–Kier alpha value is -1.67. The maximum Gasteiger partial charge on any atom is 0.257 e. The van der Waals surface area contributed by atoms with Gasteiger partial charge in [0.1, 0.15) is 18.5 Å². The molecule has 0 bridgehead atoms. The van der Waals surface area contributed by atoms with E-state index in [1.165, 1.54) is 0 Å². The summed E-state index contributed by atoms with van der Waals surface area (Å²) in [7, 11) is 1.64. The predicted octanol–water partition coefficient (Wildman–Crippen LogP) is 1.88. The van der Waals surface area contributed by atoms with Crippen molar-refractivity contribution in [2.24, 2.45) is 0 Å². The van der Waals surface area contributed by atoms with Crippen LogP contribution in [0.25, 0.3) is 0 Å². The van der Waals surface area contributed by atoms with Gasteiger partial charge in [0.25, 0.3) is 5.89 Å². The molecule has 1 aromatic carbocycles. The number of ether oxygens (including phenoxy) is 3. The molecular formula is C15H20ClN3O4. The lowest BCUT2D eigenvalue weighted by Gasteiger charge is -2.19. The first kappa shape index (κ1) is 17.7. The molecule has 1 N–H and O–H groups in total. The molecule has 2 heterocycles. The molecule has 1 atom stereocenters. The van der Waals surface area contributed by atoms with Crippen LogP contribution in [0.3, 0.4) is 0 Å². The fourth-order valence-corrected chi connectivity index (χ4v) is 2.20. The lowest BCUT2D eigenvalue weighted by molar-refractivity contribution is 0.00755. The summed E-state index contributed by atoms with van der Waals surface area (Å²) in [4.78, 5) is 4.31. The van der Waals surface area contributed by atoms with Gasteiger partial charge >= 0.3 is 0 Å². The number of morpholine rings is 1. The van der Waals surface area contributed by atoms with E-state index in [4.69, 9.17) is 18.7 Å². The van der Waals surface area contributed by atoms with Crippen LogP contribution >= 0.6 is 12.4 Å². The third-order valence-electron chi connectivity index (χ3n) is 3.32. The summed E-state index contributed by atoms with van der Waals surface area (Å²) in [6.45, 7) is 2.94. The highest BCUT2D eigenvalue weighted by molar-refractivity contribution is 5.85. The topological polar surface area (TPSA) is 78.6 Å². The highest BCUT2D eigenvalue weighted by Gasteiger charge is 2.22. The molecule has 0 radical (unpaired) electrons. The number of hydrogen-bond acceptors (Lipinski definition) is 7. The molecule has 0 unspecified atom stereocenters. The van der Waals surface area contributed by atoms with Crippen LogP contribution in [0.1, 0.15) is 23.4 Å². The second kappa shape index (κ2) is 8.83. The summed E-state index contributed by atoms with van der Waals surface area (Å²) in [5.41, 5.74) is 1.03. The van der Waals surface area contributed by atoms with Gasteiger partial charge in [0, 0.05) is 13.1 Å². The molecule has 3 rings (SSSR count). The summed E-state index contributed by atoms with van der Waals surface area (Å²) in [6.07, 6.45) is -0.173. The molecule has 23 heavy (non-hydrogen) atoms. The molecule has 126 valence electrons. The Labute approximate surface area is 140 Å². The zero-order valence-electron chi connectivity index (χ0n) is 12.9. The van der Waals surface area contributed by atoms with Crippen molar-refractivity contribution in [1.29, 1.82) is 0 Å². The van der Waals surface area contributed by atoms with Gasteiger partial charge in [-0.15, -0.1) is 12.4 Å². The van der Waals surface area contributed by atoms with Crippen molar-refractivity contribution < 1.29 is 18.7 Å². The van der Waals surface area contributed by atoms with Gasteiger partial charge in [0.15, 0.2) is 5.82 Å². The van der Waals surface area contributed by atoms with Gasteiger partial charge in [-0.25, -0.2) is 0 Å². The van der Waals surface area contributed by atoms with E-state index in [1.54, 1.807) is 7.11 Å². The number of hydrogen-bond donors (Lipinski definition) is 1. The first-order valence-corrected chi connectivity index (χ1v) is 7.20. The second-order valence-corrected chi connectivity index (χ2v) is 4.96. The average Bonchev–Trinajstić information content (AvgIpc) is 3.05. The van der Waals surface area contributed by atoms with Crippen molar-refractivity contribution in [3.8, 4) is 5.75 Å². The van der Waals surface area contributed by atoms with Gasteiger partial charge in [-0.1, -0.05) is 17.3 Å². The summed E-state index contributed by atoms with van der Waals surface area (Å²) in [6, 6.07) is 7.74. The maximum atomic E-state index is 5.61. The largest absolute Gasteiger partial charge is 0.497 e. The molecule has 0 saturated carbocycles. The normalized spacial score (nSPS) is 17.5. The molecular weight excluding hydrogens is 322 g/mol. The number of benzene rings is 1. The van der Waals surface area contributed by atoms with E-state index in [2.05, 4.69) is 15.5 Å². The van der Waals surface area contributed by atoms with E-state index < -0.39 is 0 Å². The molecule has 2 aromatic rings. The molecule has 1 aliphatic rings. The van der Waals surface area contributed by atoms with E-state index >= 15 is 0 Å². The monoisotopic (exact) mass is 341 g/mol. The molecule has 0 spiro atoms. The van der Waals surface area contributed by atoms with E-state index in [0.717, 1.165) is 17.9 Å². The van der Waals surface area contributed by atoms with Crippen LogP contribution in [0, 0.1) is 0 Å². The molecule has 0 aliphatic carbocycles. The number of methoxy groups -OCH3 is 1. The van der Waals surface area contributed by atoms with Crippen molar-refractivity contribution >= 4 is 12.4 Å².